The van der Waals surface area contributed by atoms with E-state index in [0.29, 0.717) is 21.6 Å². The Hall–Kier alpha value is -2.18. The number of nitrogens with one attached hydrogen (secondary N) is 1. The van der Waals surface area contributed by atoms with Crippen molar-refractivity contribution in [3.8, 4) is 5.88 Å². The fourth-order valence-corrected chi connectivity index (χ4v) is 3.03. The third-order valence-electron chi connectivity index (χ3n) is 2.93. The fourth-order valence-electron chi connectivity index (χ4n) is 1.95. The van der Waals surface area contributed by atoms with Crippen LogP contribution in [0.2, 0.25) is 5.02 Å². The summed E-state index contributed by atoms with van der Waals surface area (Å²) >= 11 is 7.52. The predicted molar refractivity (Wildman–Crippen MR) is 92.6 cm³/mol. The molecule has 0 aliphatic heterocycles. The van der Waals surface area contributed by atoms with E-state index < -0.39 is 0 Å². The lowest BCUT2D eigenvalue weighted by Crippen LogP contribution is -2.13. The molecule has 1 N–H and O–H groups in total. The lowest BCUT2D eigenvalue weighted by atomic mass is 10.2. The maximum atomic E-state index is 12.3. The molecule has 1 amide bonds. The van der Waals surface area contributed by atoms with Gasteiger partial charge in [-0.25, -0.2) is 9.97 Å². The van der Waals surface area contributed by atoms with Gasteiger partial charge in [-0.2, -0.15) is 0 Å². The summed E-state index contributed by atoms with van der Waals surface area (Å²) in [5.41, 5.74) is 1.20. The van der Waals surface area contributed by atoms with Gasteiger partial charge in [0.15, 0.2) is 5.13 Å². The molecule has 0 aliphatic carbocycles. The van der Waals surface area contributed by atoms with Crippen LogP contribution in [0.1, 0.15) is 24.2 Å². The first-order valence-electron chi connectivity index (χ1n) is 7.02. The quantitative estimate of drug-likeness (QED) is 0.760. The summed E-state index contributed by atoms with van der Waals surface area (Å²) in [6, 6.07) is 9.24. The van der Waals surface area contributed by atoms with Crippen molar-refractivity contribution in [2.24, 2.45) is 0 Å². The molecule has 1 aromatic carbocycles. The van der Waals surface area contributed by atoms with E-state index in [1.165, 1.54) is 23.6 Å². The van der Waals surface area contributed by atoms with Crippen molar-refractivity contribution in [1.29, 1.82) is 0 Å². The molecule has 0 atom stereocenters. The van der Waals surface area contributed by atoms with E-state index in [4.69, 9.17) is 16.3 Å². The molecule has 0 spiro atoms. The number of fused-ring (bicyclic) bond motifs is 1. The normalized spacial score (nSPS) is 11.0. The first-order valence-corrected chi connectivity index (χ1v) is 8.21. The molecule has 0 aliphatic rings. The Morgan fingerprint density at radius 2 is 2.13 bits per heavy atom. The third kappa shape index (κ3) is 3.60. The monoisotopic (exact) mass is 347 g/mol. The number of benzene rings is 1. The van der Waals surface area contributed by atoms with Crippen LogP contribution >= 0.6 is 22.9 Å². The SMILES string of the molecule is CC(C)Oc1ncc(C(=O)Nc2nc3ccccc3s2)cc1Cl. The van der Waals surface area contributed by atoms with Crippen molar-refractivity contribution in [1.82, 2.24) is 9.97 Å². The number of rotatable bonds is 4. The second kappa shape index (κ2) is 6.52. The molecule has 0 saturated carbocycles. The minimum Gasteiger partial charge on any atom is -0.474 e. The number of amides is 1. The number of ether oxygens (including phenoxy) is 1. The standard InChI is InChI=1S/C16H14ClN3O2S/c1-9(2)22-15-11(17)7-10(8-18-15)14(21)20-16-19-12-5-3-4-6-13(12)23-16/h3-9H,1-2H3,(H,19,20,21). The Morgan fingerprint density at radius 1 is 1.35 bits per heavy atom. The summed E-state index contributed by atoms with van der Waals surface area (Å²) in [5, 5.41) is 3.60. The number of carbonyl (C=O) groups excluding carboxylic acids is 1. The van der Waals surface area contributed by atoms with Crippen LogP contribution in [0.25, 0.3) is 10.2 Å². The van der Waals surface area contributed by atoms with Gasteiger partial charge in [0.25, 0.3) is 5.91 Å². The van der Waals surface area contributed by atoms with E-state index in [9.17, 15) is 4.79 Å². The van der Waals surface area contributed by atoms with E-state index >= 15 is 0 Å². The third-order valence-corrected chi connectivity index (χ3v) is 4.15. The molecular formula is C16H14ClN3O2S. The number of anilines is 1. The summed E-state index contributed by atoms with van der Waals surface area (Å²) in [6.45, 7) is 3.76. The zero-order valence-electron chi connectivity index (χ0n) is 12.5. The molecule has 0 fully saturated rings. The van der Waals surface area contributed by atoms with Crippen molar-refractivity contribution < 1.29 is 9.53 Å². The topological polar surface area (TPSA) is 64.1 Å². The average Bonchev–Trinajstić information content (AvgIpc) is 2.91. The van der Waals surface area contributed by atoms with E-state index in [0.717, 1.165) is 10.2 Å². The van der Waals surface area contributed by atoms with Gasteiger partial charge in [-0.1, -0.05) is 35.1 Å². The summed E-state index contributed by atoms with van der Waals surface area (Å²) in [7, 11) is 0. The van der Waals surface area contributed by atoms with Gasteiger partial charge in [-0.3, -0.25) is 10.1 Å². The minimum atomic E-state index is -0.311. The maximum absolute atomic E-state index is 12.3. The highest BCUT2D eigenvalue weighted by Gasteiger charge is 2.13. The highest BCUT2D eigenvalue weighted by molar-refractivity contribution is 7.22. The van der Waals surface area contributed by atoms with Gasteiger partial charge < -0.3 is 4.74 Å². The Morgan fingerprint density at radius 3 is 2.83 bits per heavy atom. The van der Waals surface area contributed by atoms with Crippen LogP contribution in [-0.4, -0.2) is 22.0 Å². The molecule has 7 heteroatoms. The number of hydrogen-bond acceptors (Lipinski definition) is 5. The fraction of sp³-hybridized carbons (Fsp3) is 0.188. The first kappa shape index (κ1) is 15.7. The maximum Gasteiger partial charge on any atom is 0.259 e. The number of carbonyl (C=O) groups is 1. The number of nitrogens with zero attached hydrogens (tertiary/aromatic N) is 2. The minimum absolute atomic E-state index is 0.0394. The number of hydrogen-bond donors (Lipinski definition) is 1. The van der Waals surface area contributed by atoms with Crippen LogP contribution in [0.5, 0.6) is 5.88 Å². The molecule has 118 valence electrons. The molecule has 5 nitrogen and oxygen atoms in total. The summed E-state index contributed by atoms with van der Waals surface area (Å²) in [6.07, 6.45) is 1.40. The Bertz CT molecular complexity index is 830. The van der Waals surface area contributed by atoms with Gasteiger partial charge in [0.1, 0.15) is 5.02 Å². The number of thiazole rings is 1. The molecule has 0 radical (unpaired) electrons. The highest BCUT2D eigenvalue weighted by Crippen LogP contribution is 2.27. The van der Waals surface area contributed by atoms with Gasteiger partial charge in [0.2, 0.25) is 5.88 Å². The van der Waals surface area contributed by atoms with Crippen molar-refractivity contribution in [3.63, 3.8) is 0 Å². The number of pyridine rings is 1. The Balaban J connectivity index is 1.78. The summed E-state index contributed by atoms with van der Waals surface area (Å²) in [4.78, 5) is 20.8. The van der Waals surface area contributed by atoms with E-state index in [2.05, 4.69) is 15.3 Å². The second-order valence-electron chi connectivity index (χ2n) is 5.12. The lowest BCUT2D eigenvalue weighted by molar-refractivity contribution is 0.102. The smallest absolute Gasteiger partial charge is 0.259 e. The van der Waals surface area contributed by atoms with Gasteiger partial charge in [-0.05, 0) is 32.0 Å². The van der Waals surface area contributed by atoms with Crippen molar-refractivity contribution in [2.75, 3.05) is 5.32 Å². The van der Waals surface area contributed by atoms with E-state index in [1.54, 1.807) is 0 Å². The molecule has 3 aromatic rings. The van der Waals surface area contributed by atoms with Crippen molar-refractivity contribution >= 4 is 44.2 Å². The Kier molecular flexibility index (Phi) is 4.45. The van der Waals surface area contributed by atoms with E-state index in [-0.39, 0.29) is 12.0 Å². The zero-order chi connectivity index (χ0) is 16.4. The zero-order valence-corrected chi connectivity index (χ0v) is 14.1. The number of aromatic nitrogens is 2. The molecule has 2 heterocycles. The first-order chi connectivity index (χ1) is 11.0. The lowest BCUT2D eigenvalue weighted by Gasteiger charge is -2.10. The van der Waals surface area contributed by atoms with Crippen LogP contribution in [-0.2, 0) is 0 Å². The van der Waals surface area contributed by atoms with Crippen molar-refractivity contribution in [2.45, 2.75) is 20.0 Å². The largest absolute Gasteiger partial charge is 0.474 e. The van der Waals surface area contributed by atoms with Gasteiger partial charge in [0, 0.05) is 6.20 Å². The van der Waals surface area contributed by atoms with Crippen molar-refractivity contribution in [3.05, 3.63) is 47.1 Å². The predicted octanol–water partition coefficient (Wildman–Crippen LogP) is 4.38. The Labute approximate surface area is 142 Å². The second-order valence-corrected chi connectivity index (χ2v) is 6.56. The molecule has 0 saturated heterocycles. The molecule has 0 bridgehead atoms. The molecule has 0 unspecified atom stereocenters. The molecule has 3 rings (SSSR count). The average molecular weight is 348 g/mol. The molecule has 23 heavy (non-hydrogen) atoms. The number of halogens is 1. The summed E-state index contributed by atoms with van der Waals surface area (Å²) < 4.78 is 6.47. The van der Waals surface area contributed by atoms with Crippen LogP contribution in [0.4, 0.5) is 5.13 Å². The van der Waals surface area contributed by atoms with Crippen LogP contribution < -0.4 is 10.1 Å². The van der Waals surface area contributed by atoms with Crippen LogP contribution in [0, 0.1) is 0 Å². The molecule has 2 aromatic heterocycles. The summed E-state index contributed by atoms with van der Waals surface area (Å²) in [5.74, 6) is 0.00718. The van der Waals surface area contributed by atoms with Gasteiger partial charge in [0.05, 0.1) is 21.9 Å². The number of para-hydroxylation sites is 1. The van der Waals surface area contributed by atoms with E-state index in [1.807, 2.05) is 38.1 Å². The highest BCUT2D eigenvalue weighted by atomic mass is 35.5. The molecular weight excluding hydrogens is 334 g/mol. The van der Waals surface area contributed by atoms with Crippen LogP contribution in [0.15, 0.2) is 36.5 Å². The van der Waals surface area contributed by atoms with Gasteiger partial charge >= 0.3 is 0 Å². The van der Waals surface area contributed by atoms with Crippen LogP contribution in [0.3, 0.4) is 0 Å². The van der Waals surface area contributed by atoms with Gasteiger partial charge in [-0.15, -0.1) is 0 Å².